The minimum atomic E-state index is -2.03. The second-order valence-corrected chi connectivity index (χ2v) is 8.35. The Balaban J connectivity index is 1.91. The Kier molecular flexibility index (Phi) is 4.72. The lowest BCUT2D eigenvalue weighted by atomic mass is 10.2. The Morgan fingerprint density at radius 1 is 1.13 bits per heavy atom. The summed E-state index contributed by atoms with van der Waals surface area (Å²) in [6.07, 6.45) is 0. The predicted molar refractivity (Wildman–Crippen MR) is 99.0 cm³/mol. The van der Waals surface area contributed by atoms with Crippen molar-refractivity contribution in [3.63, 3.8) is 0 Å². The number of nitrogens with one attached hydrogen (secondary N) is 1. The maximum Gasteiger partial charge on any atom is 0.276 e. The molecule has 0 atom stereocenters. The Hall–Kier alpha value is -1.04. The summed E-state index contributed by atoms with van der Waals surface area (Å²) in [5.74, 6) is -0.744. The van der Waals surface area contributed by atoms with Crippen LogP contribution in [0, 0.1) is 0 Å². The monoisotopic (exact) mass is 404 g/mol. The van der Waals surface area contributed by atoms with Gasteiger partial charge < -0.3 is 5.32 Å². The van der Waals surface area contributed by atoms with Crippen LogP contribution in [0.3, 0.4) is 0 Å². The van der Waals surface area contributed by atoms with Crippen molar-refractivity contribution in [2.75, 3.05) is 5.32 Å². The van der Waals surface area contributed by atoms with Gasteiger partial charge in [-0.2, -0.15) is 0 Å². The second-order valence-electron chi connectivity index (χ2n) is 4.63. The van der Waals surface area contributed by atoms with E-state index in [0.717, 1.165) is 20.8 Å². The number of rotatable bonds is 2. The first-order valence-electron chi connectivity index (χ1n) is 6.38. The molecule has 2 aromatic carbocycles. The summed E-state index contributed by atoms with van der Waals surface area (Å²) in [5, 5.41) is 3.74. The summed E-state index contributed by atoms with van der Waals surface area (Å²) in [5.41, 5.74) is 2.13. The molecule has 1 aromatic heterocycles. The fraction of sp³-hybridized carbons (Fsp3) is 0.0667. The van der Waals surface area contributed by atoms with Gasteiger partial charge in [-0.05, 0) is 30.3 Å². The summed E-state index contributed by atoms with van der Waals surface area (Å²) in [6.45, 7) is 0. The molecule has 0 aliphatic carbocycles. The van der Waals surface area contributed by atoms with E-state index in [9.17, 15) is 4.79 Å². The Bertz CT molecular complexity index is 856. The van der Waals surface area contributed by atoms with Crippen LogP contribution in [0.15, 0.2) is 42.5 Å². The number of amides is 1. The molecule has 0 fully saturated rings. The van der Waals surface area contributed by atoms with Crippen LogP contribution in [0.1, 0.15) is 0 Å². The third kappa shape index (κ3) is 3.73. The maximum atomic E-state index is 11.7. The number of aromatic nitrogens is 1. The van der Waals surface area contributed by atoms with E-state index < -0.39 is 9.70 Å². The molecule has 8 heteroatoms. The molecule has 1 heterocycles. The van der Waals surface area contributed by atoms with Gasteiger partial charge in [0.2, 0.25) is 0 Å². The van der Waals surface area contributed by atoms with Crippen molar-refractivity contribution in [2.45, 2.75) is 3.79 Å². The molecule has 3 rings (SSSR count). The third-order valence-corrected chi connectivity index (χ3v) is 4.91. The summed E-state index contributed by atoms with van der Waals surface area (Å²) >= 11 is 24.4. The van der Waals surface area contributed by atoms with Crippen molar-refractivity contribution in [2.24, 2.45) is 0 Å². The third-order valence-electron chi connectivity index (χ3n) is 3.01. The Morgan fingerprint density at radius 2 is 1.87 bits per heavy atom. The quantitative estimate of drug-likeness (QED) is 0.537. The van der Waals surface area contributed by atoms with E-state index >= 15 is 0 Å². The number of carbonyl (C=O) groups excluding carboxylic acids is 1. The fourth-order valence-corrected chi connectivity index (χ4v) is 3.43. The number of benzene rings is 2. The minimum Gasteiger partial charge on any atom is -0.322 e. The highest BCUT2D eigenvalue weighted by atomic mass is 35.6. The number of fused-ring (bicyclic) bond motifs is 1. The van der Waals surface area contributed by atoms with Gasteiger partial charge >= 0.3 is 0 Å². The SMILES string of the molecule is O=C(Nc1ccc(-c2nc3ccccc3s2)c(Cl)c1)C(Cl)(Cl)Cl. The van der Waals surface area contributed by atoms with Crippen molar-refractivity contribution in [1.29, 1.82) is 0 Å². The molecule has 23 heavy (non-hydrogen) atoms. The average molecular weight is 406 g/mol. The summed E-state index contributed by atoms with van der Waals surface area (Å²) in [4.78, 5) is 16.2. The van der Waals surface area contributed by atoms with Gasteiger partial charge in [-0.25, -0.2) is 4.98 Å². The molecule has 0 aliphatic rings. The van der Waals surface area contributed by atoms with Crippen LogP contribution in [0.4, 0.5) is 5.69 Å². The molecule has 0 saturated carbocycles. The van der Waals surface area contributed by atoms with E-state index in [1.165, 1.54) is 0 Å². The first-order chi connectivity index (χ1) is 10.8. The van der Waals surface area contributed by atoms with Crippen LogP contribution in [0.5, 0.6) is 0 Å². The van der Waals surface area contributed by atoms with Crippen LogP contribution in [-0.4, -0.2) is 14.7 Å². The van der Waals surface area contributed by atoms with Crippen LogP contribution in [0.2, 0.25) is 5.02 Å². The van der Waals surface area contributed by atoms with Crippen molar-refractivity contribution in [1.82, 2.24) is 4.98 Å². The van der Waals surface area contributed by atoms with E-state index in [1.807, 2.05) is 24.3 Å². The normalized spacial score (nSPS) is 11.7. The maximum absolute atomic E-state index is 11.7. The van der Waals surface area contributed by atoms with Crippen LogP contribution in [0.25, 0.3) is 20.8 Å². The van der Waals surface area contributed by atoms with E-state index in [0.29, 0.717) is 10.7 Å². The molecule has 3 nitrogen and oxygen atoms in total. The minimum absolute atomic E-state index is 0.441. The van der Waals surface area contributed by atoms with E-state index in [1.54, 1.807) is 29.5 Å². The summed E-state index contributed by atoms with van der Waals surface area (Å²) in [7, 11) is 0. The van der Waals surface area contributed by atoms with Crippen molar-refractivity contribution < 1.29 is 4.79 Å². The van der Waals surface area contributed by atoms with E-state index in [4.69, 9.17) is 46.4 Å². The second kappa shape index (κ2) is 6.46. The zero-order valence-electron chi connectivity index (χ0n) is 11.3. The average Bonchev–Trinajstić information content (AvgIpc) is 2.89. The molecular formula is C15H8Cl4N2OS. The Labute approximate surface area is 156 Å². The summed E-state index contributed by atoms with van der Waals surface area (Å²) in [6, 6.07) is 12.9. The van der Waals surface area contributed by atoms with Crippen LogP contribution in [-0.2, 0) is 4.79 Å². The Morgan fingerprint density at radius 3 is 2.52 bits per heavy atom. The fourth-order valence-electron chi connectivity index (χ4n) is 1.96. The number of thiazole rings is 1. The summed E-state index contributed by atoms with van der Waals surface area (Å²) < 4.78 is -0.954. The molecule has 0 unspecified atom stereocenters. The number of alkyl halides is 3. The van der Waals surface area contributed by atoms with Crippen molar-refractivity contribution in [3.8, 4) is 10.6 Å². The highest BCUT2D eigenvalue weighted by molar-refractivity contribution is 7.21. The topological polar surface area (TPSA) is 42.0 Å². The largest absolute Gasteiger partial charge is 0.322 e. The molecule has 0 spiro atoms. The first kappa shape index (κ1) is 16.8. The van der Waals surface area contributed by atoms with Gasteiger partial charge in [0.05, 0.1) is 15.2 Å². The molecule has 0 radical (unpaired) electrons. The highest BCUT2D eigenvalue weighted by Crippen LogP contribution is 2.36. The number of para-hydroxylation sites is 1. The molecule has 118 valence electrons. The van der Waals surface area contributed by atoms with Gasteiger partial charge in [0, 0.05) is 11.3 Å². The van der Waals surface area contributed by atoms with Crippen molar-refractivity contribution >= 4 is 79.6 Å². The number of nitrogens with zero attached hydrogens (tertiary/aromatic N) is 1. The van der Waals surface area contributed by atoms with E-state index in [2.05, 4.69) is 10.3 Å². The number of carbonyl (C=O) groups is 1. The molecule has 1 N–H and O–H groups in total. The van der Waals surface area contributed by atoms with Gasteiger partial charge in [-0.15, -0.1) is 11.3 Å². The zero-order chi connectivity index (χ0) is 16.6. The molecule has 0 saturated heterocycles. The van der Waals surface area contributed by atoms with E-state index in [-0.39, 0.29) is 0 Å². The van der Waals surface area contributed by atoms with Crippen LogP contribution >= 0.6 is 57.7 Å². The molecular weight excluding hydrogens is 398 g/mol. The van der Waals surface area contributed by atoms with Gasteiger partial charge in [-0.1, -0.05) is 58.5 Å². The smallest absolute Gasteiger partial charge is 0.276 e. The molecule has 3 aromatic rings. The van der Waals surface area contributed by atoms with Crippen molar-refractivity contribution in [3.05, 3.63) is 47.5 Å². The molecule has 1 amide bonds. The lowest BCUT2D eigenvalue weighted by Gasteiger charge is -2.12. The van der Waals surface area contributed by atoms with Gasteiger partial charge in [0.25, 0.3) is 9.70 Å². The number of halogens is 4. The number of hydrogen-bond donors (Lipinski definition) is 1. The van der Waals surface area contributed by atoms with Crippen LogP contribution < -0.4 is 5.32 Å². The van der Waals surface area contributed by atoms with Gasteiger partial charge in [0.15, 0.2) is 0 Å². The number of hydrogen-bond acceptors (Lipinski definition) is 3. The lowest BCUT2D eigenvalue weighted by Crippen LogP contribution is -2.26. The number of anilines is 1. The first-order valence-corrected chi connectivity index (χ1v) is 8.71. The predicted octanol–water partition coefficient (Wildman–Crippen LogP) is 5.93. The highest BCUT2D eigenvalue weighted by Gasteiger charge is 2.30. The molecule has 0 aliphatic heterocycles. The van der Waals surface area contributed by atoms with Gasteiger partial charge in [-0.3, -0.25) is 4.79 Å². The molecule has 0 bridgehead atoms. The zero-order valence-corrected chi connectivity index (χ0v) is 15.2. The standard InChI is InChI=1S/C15H8Cl4N2OS/c16-10-7-8(20-14(22)15(17,18)19)5-6-9(10)13-21-11-3-1-2-4-12(11)23-13/h1-7H,(H,20,22). The van der Waals surface area contributed by atoms with Gasteiger partial charge in [0.1, 0.15) is 5.01 Å². The lowest BCUT2D eigenvalue weighted by molar-refractivity contribution is -0.115.